The van der Waals surface area contributed by atoms with Crippen molar-refractivity contribution in [1.29, 1.82) is 0 Å². The van der Waals surface area contributed by atoms with Crippen molar-refractivity contribution in [3.8, 4) is 0 Å². The van der Waals surface area contributed by atoms with Crippen molar-refractivity contribution in [3.05, 3.63) is 35.0 Å². The standard InChI is InChI=1S/C9H12N4S/c1-2-12-13(4-1)5-3-10-6-9-7-14-8-11-9/h1-2,4,7-8,10H,3,5-6H2. The van der Waals surface area contributed by atoms with E-state index in [1.165, 1.54) is 0 Å². The number of nitrogens with one attached hydrogen (secondary N) is 1. The van der Waals surface area contributed by atoms with Crippen molar-refractivity contribution >= 4 is 11.3 Å². The van der Waals surface area contributed by atoms with Gasteiger partial charge in [0.2, 0.25) is 0 Å². The van der Waals surface area contributed by atoms with Gasteiger partial charge < -0.3 is 5.32 Å². The second-order valence-corrected chi connectivity index (χ2v) is 3.64. The Morgan fingerprint density at radius 3 is 3.21 bits per heavy atom. The van der Waals surface area contributed by atoms with E-state index in [0.717, 1.165) is 25.3 Å². The van der Waals surface area contributed by atoms with Crippen LogP contribution in [0.5, 0.6) is 0 Å². The molecule has 0 unspecified atom stereocenters. The van der Waals surface area contributed by atoms with Gasteiger partial charge in [-0.25, -0.2) is 4.98 Å². The fourth-order valence-corrected chi connectivity index (χ4v) is 1.73. The molecule has 2 heterocycles. The predicted octanol–water partition coefficient (Wildman–Crippen LogP) is 1.13. The lowest BCUT2D eigenvalue weighted by Gasteiger charge is -2.02. The van der Waals surface area contributed by atoms with Crippen LogP contribution in [-0.2, 0) is 13.1 Å². The molecule has 0 saturated carbocycles. The van der Waals surface area contributed by atoms with Gasteiger partial charge in [-0.05, 0) is 6.07 Å². The Bertz CT molecular complexity index is 305. The molecule has 2 aromatic heterocycles. The minimum atomic E-state index is 0.838. The van der Waals surface area contributed by atoms with E-state index in [-0.39, 0.29) is 0 Å². The first-order valence-corrected chi connectivity index (χ1v) is 5.44. The molecular formula is C9H12N4S. The Balaban J connectivity index is 1.65. The largest absolute Gasteiger partial charge is 0.309 e. The highest BCUT2D eigenvalue weighted by Crippen LogP contribution is 1.99. The van der Waals surface area contributed by atoms with Crippen molar-refractivity contribution in [1.82, 2.24) is 20.1 Å². The Kier molecular flexibility index (Phi) is 3.26. The zero-order chi connectivity index (χ0) is 9.64. The topological polar surface area (TPSA) is 42.7 Å². The maximum atomic E-state index is 4.18. The molecule has 0 spiro atoms. The molecule has 0 fully saturated rings. The number of rotatable bonds is 5. The summed E-state index contributed by atoms with van der Waals surface area (Å²) in [5, 5.41) is 9.48. The molecule has 5 heteroatoms. The minimum Gasteiger partial charge on any atom is -0.309 e. The first-order chi connectivity index (χ1) is 6.95. The highest BCUT2D eigenvalue weighted by atomic mass is 32.1. The van der Waals surface area contributed by atoms with Gasteiger partial charge in [-0.1, -0.05) is 0 Å². The number of nitrogens with zero attached hydrogens (tertiary/aromatic N) is 3. The second-order valence-electron chi connectivity index (χ2n) is 2.93. The van der Waals surface area contributed by atoms with E-state index in [0.29, 0.717) is 0 Å². The lowest BCUT2D eigenvalue weighted by molar-refractivity contribution is 0.552. The van der Waals surface area contributed by atoms with Crippen LogP contribution in [-0.4, -0.2) is 21.3 Å². The summed E-state index contributed by atoms with van der Waals surface area (Å²) >= 11 is 1.63. The van der Waals surface area contributed by atoms with Gasteiger partial charge in [0.1, 0.15) is 0 Å². The molecule has 0 saturated heterocycles. The van der Waals surface area contributed by atoms with Crippen molar-refractivity contribution < 1.29 is 0 Å². The third-order valence-corrected chi connectivity index (χ3v) is 2.50. The third-order valence-electron chi connectivity index (χ3n) is 1.87. The van der Waals surface area contributed by atoms with E-state index in [4.69, 9.17) is 0 Å². The molecule has 0 atom stereocenters. The van der Waals surface area contributed by atoms with Crippen LogP contribution >= 0.6 is 11.3 Å². The number of hydrogen-bond acceptors (Lipinski definition) is 4. The summed E-state index contributed by atoms with van der Waals surface area (Å²) in [7, 11) is 0. The van der Waals surface area contributed by atoms with Crippen molar-refractivity contribution in [3.63, 3.8) is 0 Å². The molecule has 2 aromatic rings. The average Bonchev–Trinajstić information content (AvgIpc) is 2.86. The highest BCUT2D eigenvalue weighted by Gasteiger charge is 1.94. The average molecular weight is 208 g/mol. The van der Waals surface area contributed by atoms with Gasteiger partial charge >= 0.3 is 0 Å². The van der Waals surface area contributed by atoms with Gasteiger partial charge in [-0.3, -0.25) is 4.68 Å². The van der Waals surface area contributed by atoms with Gasteiger partial charge in [0.25, 0.3) is 0 Å². The highest BCUT2D eigenvalue weighted by molar-refractivity contribution is 7.07. The summed E-state index contributed by atoms with van der Waals surface area (Å²) in [6.07, 6.45) is 3.75. The number of hydrogen-bond donors (Lipinski definition) is 1. The van der Waals surface area contributed by atoms with Crippen LogP contribution in [0.25, 0.3) is 0 Å². The van der Waals surface area contributed by atoms with Crippen LogP contribution in [0.1, 0.15) is 5.69 Å². The molecule has 0 aliphatic heterocycles. The Morgan fingerprint density at radius 2 is 2.50 bits per heavy atom. The summed E-state index contributed by atoms with van der Waals surface area (Å²) in [5.41, 5.74) is 2.96. The van der Waals surface area contributed by atoms with Crippen molar-refractivity contribution in [2.75, 3.05) is 6.54 Å². The Morgan fingerprint density at radius 1 is 1.50 bits per heavy atom. The number of thiazole rings is 1. The van der Waals surface area contributed by atoms with E-state index < -0.39 is 0 Å². The molecule has 0 amide bonds. The first kappa shape index (κ1) is 9.36. The Hall–Kier alpha value is -1.20. The monoisotopic (exact) mass is 208 g/mol. The molecule has 2 rings (SSSR count). The van der Waals surface area contributed by atoms with Gasteiger partial charge in [-0.2, -0.15) is 5.10 Å². The maximum absolute atomic E-state index is 4.18. The van der Waals surface area contributed by atoms with E-state index in [9.17, 15) is 0 Å². The third kappa shape index (κ3) is 2.65. The summed E-state index contributed by atoms with van der Waals surface area (Å²) < 4.78 is 1.91. The molecule has 0 aliphatic rings. The molecule has 0 aromatic carbocycles. The lowest BCUT2D eigenvalue weighted by atomic mass is 10.5. The molecular weight excluding hydrogens is 196 g/mol. The molecule has 0 bridgehead atoms. The fourth-order valence-electron chi connectivity index (χ4n) is 1.17. The summed E-state index contributed by atoms with van der Waals surface area (Å²) in [6.45, 7) is 2.65. The van der Waals surface area contributed by atoms with Gasteiger partial charge in [0, 0.05) is 30.9 Å². The predicted molar refractivity (Wildman–Crippen MR) is 56.0 cm³/mol. The van der Waals surface area contributed by atoms with Gasteiger partial charge in [0.05, 0.1) is 17.7 Å². The zero-order valence-electron chi connectivity index (χ0n) is 7.76. The van der Waals surface area contributed by atoms with E-state index in [2.05, 4.69) is 20.8 Å². The van der Waals surface area contributed by atoms with E-state index in [1.54, 1.807) is 17.5 Å². The van der Waals surface area contributed by atoms with Crippen LogP contribution in [0.3, 0.4) is 0 Å². The summed E-state index contributed by atoms with van der Waals surface area (Å²) in [6, 6.07) is 1.93. The fraction of sp³-hybridized carbons (Fsp3) is 0.333. The van der Waals surface area contributed by atoms with Gasteiger partial charge in [-0.15, -0.1) is 11.3 Å². The molecule has 1 N–H and O–H groups in total. The van der Waals surface area contributed by atoms with Gasteiger partial charge in [0.15, 0.2) is 0 Å². The zero-order valence-corrected chi connectivity index (χ0v) is 8.57. The molecule has 14 heavy (non-hydrogen) atoms. The first-order valence-electron chi connectivity index (χ1n) is 4.50. The minimum absolute atomic E-state index is 0.838. The quantitative estimate of drug-likeness (QED) is 0.749. The van der Waals surface area contributed by atoms with Crippen LogP contribution in [0.2, 0.25) is 0 Å². The second kappa shape index (κ2) is 4.88. The molecule has 74 valence electrons. The van der Waals surface area contributed by atoms with Crippen LogP contribution in [0.15, 0.2) is 29.4 Å². The smallest absolute Gasteiger partial charge is 0.0795 e. The van der Waals surface area contributed by atoms with Crippen molar-refractivity contribution in [2.24, 2.45) is 0 Å². The summed E-state index contributed by atoms with van der Waals surface area (Å²) in [5.74, 6) is 0. The van der Waals surface area contributed by atoms with E-state index >= 15 is 0 Å². The molecule has 0 aliphatic carbocycles. The number of aromatic nitrogens is 3. The molecule has 0 radical (unpaired) electrons. The molecule has 4 nitrogen and oxygen atoms in total. The summed E-state index contributed by atoms with van der Waals surface area (Å²) in [4.78, 5) is 4.18. The lowest BCUT2D eigenvalue weighted by Crippen LogP contribution is -2.19. The van der Waals surface area contributed by atoms with Crippen LogP contribution in [0.4, 0.5) is 0 Å². The van der Waals surface area contributed by atoms with Crippen LogP contribution < -0.4 is 5.32 Å². The van der Waals surface area contributed by atoms with E-state index in [1.807, 2.05) is 22.5 Å². The van der Waals surface area contributed by atoms with Crippen molar-refractivity contribution in [2.45, 2.75) is 13.1 Å². The SMILES string of the molecule is c1cnn(CCNCc2cscn2)c1. The maximum Gasteiger partial charge on any atom is 0.0795 e. The Labute approximate surface area is 86.6 Å². The normalized spacial score (nSPS) is 10.6. The van der Waals surface area contributed by atoms with Crippen LogP contribution in [0, 0.1) is 0 Å².